The highest BCUT2D eigenvalue weighted by Gasteiger charge is 2.29. The van der Waals surface area contributed by atoms with Crippen molar-refractivity contribution < 1.29 is 23.1 Å². The van der Waals surface area contributed by atoms with Crippen molar-refractivity contribution in [3.8, 4) is 0 Å². The third-order valence-electron chi connectivity index (χ3n) is 1.76. The number of unbranched alkanes of at least 4 members (excludes halogenated alkanes) is 1. The van der Waals surface area contributed by atoms with E-state index in [1.165, 1.54) is 0 Å². The highest BCUT2D eigenvalue weighted by Crippen LogP contribution is 2.62. The predicted octanol–water partition coefficient (Wildman–Crippen LogP) is 3.76. The van der Waals surface area contributed by atoms with Crippen LogP contribution in [-0.2, 0) is 23.1 Å². The highest BCUT2D eigenvalue weighted by molar-refractivity contribution is 8.55. The van der Waals surface area contributed by atoms with Gasteiger partial charge in [0.2, 0.25) is 5.76 Å². The number of hydrogen-bond acceptors (Lipinski definition) is 6. The van der Waals surface area contributed by atoms with Crippen molar-refractivity contribution in [3.63, 3.8) is 0 Å². The van der Waals surface area contributed by atoms with E-state index >= 15 is 0 Å². The topological polar surface area (TPSA) is 61.8 Å². The number of esters is 1. The average molecular weight is 296 g/mol. The Labute approximate surface area is 113 Å². The van der Waals surface area contributed by atoms with Gasteiger partial charge in [0.15, 0.2) is 0 Å². The van der Waals surface area contributed by atoms with Crippen LogP contribution < -0.4 is 0 Å². The van der Waals surface area contributed by atoms with Crippen LogP contribution in [0.25, 0.3) is 0 Å². The van der Waals surface area contributed by atoms with E-state index in [0.29, 0.717) is 5.75 Å². The van der Waals surface area contributed by atoms with Crippen molar-refractivity contribution in [2.24, 2.45) is 0 Å². The molecule has 7 heteroatoms. The summed E-state index contributed by atoms with van der Waals surface area (Å²) >= 11 is 1.08. The van der Waals surface area contributed by atoms with Crippen LogP contribution in [0.1, 0.15) is 33.6 Å². The van der Waals surface area contributed by atoms with Gasteiger partial charge in [-0.15, -0.1) is 0 Å². The molecule has 0 amide bonds. The number of carbonyl (C=O) groups excluding carboxylic acids is 1. The highest BCUT2D eigenvalue weighted by atomic mass is 32.7. The Morgan fingerprint density at radius 2 is 1.94 bits per heavy atom. The summed E-state index contributed by atoms with van der Waals surface area (Å²) in [5, 5.41) is 0. The molecule has 0 radical (unpaired) electrons. The Hall–Kier alpha value is -0.450. The molecule has 0 heterocycles. The fraction of sp³-hybridized carbons (Fsp3) is 0.727. The molecule has 0 saturated carbocycles. The third-order valence-corrected chi connectivity index (χ3v) is 5.60. The van der Waals surface area contributed by atoms with Crippen molar-refractivity contribution in [2.45, 2.75) is 33.6 Å². The molecule has 5 nitrogen and oxygen atoms in total. The molecule has 0 spiro atoms. The van der Waals surface area contributed by atoms with Gasteiger partial charge in [0.1, 0.15) is 0 Å². The summed E-state index contributed by atoms with van der Waals surface area (Å²) in [4.78, 5) is 11.3. The average Bonchev–Trinajstić information content (AvgIpc) is 2.29. The number of carbonyl (C=O) groups is 1. The maximum atomic E-state index is 12.3. The zero-order chi connectivity index (χ0) is 14.0. The van der Waals surface area contributed by atoms with Gasteiger partial charge in [-0.25, -0.2) is 9.36 Å². The van der Waals surface area contributed by atoms with Crippen LogP contribution in [0.5, 0.6) is 0 Å². The lowest BCUT2D eigenvalue weighted by Crippen LogP contribution is -2.09. The zero-order valence-electron chi connectivity index (χ0n) is 11.1. The molecule has 0 aliphatic carbocycles. The molecule has 0 aliphatic rings. The number of ether oxygens (including phenoxy) is 1. The third kappa shape index (κ3) is 7.09. The molecule has 1 atom stereocenters. The van der Waals surface area contributed by atoms with Gasteiger partial charge in [-0.3, -0.25) is 4.52 Å². The Morgan fingerprint density at radius 1 is 1.28 bits per heavy atom. The Kier molecular flexibility index (Phi) is 9.24. The number of hydrogen-bond donors (Lipinski definition) is 0. The standard InChI is InChI=1S/C11H21O5PS/c1-5-8-9-18-17(13,15-7-3)16-10(4)11(12)14-6-2/h4-9H2,1-3H3. The molecule has 18 heavy (non-hydrogen) atoms. The van der Waals surface area contributed by atoms with Crippen molar-refractivity contribution in [1.82, 2.24) is 0 Å². The fourth-order valence-corrected chi connectivity index (χ4v) is 4.46. The first-order valence-corrected chi connectivity index (χ1v) is 9.07. The molecule has 0 rings (SSSR count). The summed E-state index contributed by atoms with van der Waals surface area (Å²) in [7, 11) is 0. The van der Waals surface area contributed by atoms with Gasteiger partial charge >= 0.3 is 12.8 Å². The van der Waals surface area contributed by atoms with Crippen LogP contribution in [0.4, 0.5) is 0 Å². The summed E-state index contributed by atoms with van der Waals surface area (Å²) in [6, 6.07) is 0. The van der Waals surface area contributed by atoms with Crippen LogP contribution in [0.3, 0.4) is 0 Å². The Balaban J connectivity index is 4.45. The van der Waals surface area contributed by atoms with Gasteiger partial charge in [0.25, 0.3) is 0 Å². The predicted molar refractivity (Wildman–Crippen MR) is 73.5 cm³/mol. The molecule has 0 aromatic carbocycles. The minimum Gasteiger partial charge on any atom is -0.460 e. The second kappa shape index (κ2) is 9.48. The first-order valence-electron chi connectivity index (χ1n) is 5.93. The van der Waals surface area contributed by atoms with Crippen LogP contribution in [-0.4, -0.2) is 24.9 Å². The summed E-state index contributed by atoms with van der Waals surface area (Å²) < 4.78 is 27.1. The van der Waals surface area contributed by atoms with Gasteiger partial charge in [0, 0.05) is 5.75 Å². The van der Waals surface area contributed by atoms with Gasteiger partial charge in [-0.1, -0.05) is 13.3 Å². The van der Waals surface area contributed by atoms with E-state index in [1.807, 2.05) is 6.92 Å². The quantitative estimate of drug-likeness (QED) is 0.201. The molecule has 0 aromatic rings. The Morgan fingerprint density at radius 3 is 2.44 bits per heavy atom. The van der Waals surface area contributed by atoms with E-state index in [-0.39, 0.29) is 19.0 Å². The van der Waals surface area contributed by atoms with E-state index in [0.717, 1.165) is 24.2 Å². The minimum absolute atomic E-state index is 0.211. The molecular formula is C11H21O5PS. The lowest BCUT2D eigenvalue weighted by Gasteiger charge is -2.17. The normalized spacial score (nSPS) is 13.7. The molecule has 0 N–H and O–H groups in total. The van der Waals surface area contributed by atoms with E-state index < -0.39 is 12.8 Å². The van der Waals surface area contributed by atoms with Crippen molar-refractivity contribution in [3.05, 3.63) is 12.3 Å². The summed E-state index contributed by atoms with van der Waals surface area (Å²) in [6.07, 6.45) is 1.88. The second-order valence-corrected chi connectivity index (χ2v) is 7.40. The molecular weight excluding hydrogens is 275 g/mol. The first-order chi connectivity index (χ1) is 8.49. The maximum absolute atomic E-state index is 12.3. The van der Waals surface area contributed by atoms with Gasteiger partial charge < -0.3 is 9.26 Å². The summed E-state index contributed by atoms with van der Waals surface area (Å²) in [5.74, 6) is -0.352. The van der Waals surface area contributed by atoms with E-state index in [2.05, 4.69) is 6.58 Å². The lowest BCUT2D eigenvalue weighted by molar-refractivity contribution is -0.141. The molecule has 106 valence electrons. The fourth-order valence-electron chi connectivity index (χ4n) is 0.953. The van der Waals surface area contributed by atoms with E-state index in [4.69, 9.17) is 13.8 Å². The van der Waals surface area contributed by atoms with Crippen LogP contribution >= 0.6 is 18.2 Å². The SMILES string of the molecule is C=C(OP(=O)(OCC)SCCCC)C(=O)OCC. The van der Waals surface area contributed by atoms with Crippen molar-refractivity contribution >= 4 is 24.1 Å². The Bertz CT molecular complexity index is 319. The largest absolute Gasteiger partial charge is 0.460 e. The van der Waals surface area contributed by atoms with E-state index in [9.17, 15) is 9.36 Å². The molecule has 1 unspecified atom stereocenters. The van der Waals surface area contributed by atoms with Crippen LogP contribution in [0.15, 0.2) is 12.3 Å². The number of rotatable bonds is 10. The van der Waals surface area contributed by atoms with Gasteiger partial charge in [-0.05, 0) is 38.2 Å². The molecule has 0 saturated heterocycles. The molecule has 0 aliphatic heterocycles. The smallest absolute Gasteiger partial charge is 0.440 e. The van der Waals surface area contributed by atoms with Gasteiger partial charge in [0.05, 0.1) is 13.2 Å². The summed E-state index contributed by atoms with van der Waals surface area (Å²) in [6.45, 7) is 5.91. The second-order valence-electron chi connectivity index (χ2n) is 3.29. The van der Waals surface area contributed by atoms with Gasteiger partial charge in [-0.2, -0.15) is 0 Å². The van der Waals surface area contributed by atoms with Crippen molar-refractivity contribution in [1.29, 1.82) is 0 Å². The zero-order valence-corrected chi connectivity index (χ0v) is 12.9. The minimum atomic E-state index is -3.37. The van der Waals surface area contributed by atoms with E-state index in [1.54, 1.807) is 13.8 Å². The van der Waals surface area contributed by atoms with Crippen molar-refractivity contribution in [2.75, 3.05) is 19.0 Å². The van der Waals surface area contributed by atoms with Crippen LogP contribution in [0, 0.1) is 0 Å². The lowest BCUT2D eigenvalue weighted by atomic mass is 10.4. The first kappa shape index (κ1) is 17.6. The summed E-state index contributed by atoms with van der Waals surface area (Å²) in [5.41, 5.74) is 0. The molecule has 0 bridgehead atoms. The monoisotopic (exact) mass is 296 g/mol. The van der Waals surface area contributed by atoms with Crippen LogP contribution in [0.2, 0.25) is 0 Å². The maximum Gasteiger partial charge on any atom is 0.440 e. The molecule has 0 aromatic heterocycles. The molecule has 0 fully saturated rings.